The first-order chi connectivity index (χ1) is 5.55. The van der Waals surface area contributed by atoms with E-state index in [4.69, 9.17) is 15.3 Å². The Morgan fingerprint density at radius 1 is 1.50 bits per heavy atom. The van der Waals surface area contributed by atoms with Crippen LogP contribution in [0.2, 0.25) is 0 Å². The van der Waals surface area contributed by atoms with E-state index in [1.807, 2.05) is 0 Å². The molecule has 0 spiro atoms. The number of carbonyl (C=O) groups excluding carboxylic acids is 1. The lowest BCUT2D eigenvalue weighted by atomic mass is 10.1. The summed E-state index contributed by atoms with van der Waals surface area (Å²) in [6, 6.07) is 0. The van der Waals surface area contributed by atoms with Crippen LogP contribution < -0.4 is 0 Å². The van der Waals surface area contributed by atoms with Gasteiger partial charge in [0.15, 0.2) is 6.29 Å². The molecule has 6 heteroatoms. The molecule has 0 amide bonds. The largest absolute Gasteiger partial charge is 0.391 e. The van der Waals surface area contributed by atoms with Crippen molar-refractivity contribution < 1.29 is 30.0 Å². The van der Waals surface area contributed by atoms with Gasteiger partial charge in [0, 0.05) is 0 Å². The third kappa shape index (κ3) is 1.23. The van der Waals surface area contributed by atoms with Crippen LogP contribution in [0.15, 0.2) is 0 Å². The molecule has 1 aliphatic heterocycles. The van der Waals surface area contributed by atoms with Crippen LogP contribution in [0.25, 0.3) is 0 Å². The number of aldehydes is 1. The molecule has 0 aromatic carbocycles. The molecule has 1 rings (SSSR count). The molecule has 0 saturated carbocycles. The molecule has 4 atom stereocenters. The first-order valence-corrected chi connectivity index (χ1v) is 3.37. The Labute approximate surface area is 68.0 Å². The van der Waals surface area contributed by atoms with Crippen molar-refractivity contribution in [2.45, 2.75) is 24.1 Å². The number of hydrogen-bond acceptors (Lipinski definition) is 6. The van der Waals surface area contributed by atoms with E-state index in [0.29, 0.717) is 0 Å². The van der Waals surface area contributed by atoms with Crippen molar-refractivity contribution in [1.29, 1.82) is 0 Å². The fourth-order valence-electron chi connectivity index (χ4n) is 1.06. The summed E-state index contributed by atoms with van der Waals surface area (Å²) in [6.07, 6.45) is -4.21. The lowest BCUT2D eigenvalue weighted by Gasteiger charge is -2.22. The second kappa shape index (κ2) is 3.08. The second-order valence-electron chi connectivity index (χ2n) is 2.66. The molecule has 4 N–H and O–H groups in total. The van der Waals surface area contributed by atoms with Gasteiger partial charge < -0.3 is 30.0 Å². The van der Waals surface area contributed by atoms with E-state index in [-0.39, 0.29) is 6.29 Å². The standard InChI is InChI=1S/C6H10O6/c7-1-3-4(9)5(10)6(11,2-8)12-3/h1,3-5,8-11H,2H2/t3-,4-,5+,6-/m1/s1. The Kier molecular flexibility index (Phi) is 2.45. The summed E-state index contributed by atoms with van der Waals surface area (Å²) in [7, 11) is 0. The zero-order chi connectivity index (χ0) is 9.35. The average molecular weight is 178 g/mol. The van der Waals surface area contributed by atoms with Crippen LogP contribution in [-0.4, -0.2) is 57.4 Å². The summed E-state index contributed by atoms with van der Waals surface area (Å²) in [4.78, 5) is 10.2. The van der Waals surface area contributed by atoms with Crippen LogP contribution in [0.5, 0.6) is 0 Å². The summed E-state index contributed by atoms with van der Waals surface area (Å²) < 4.78 is 4.51. The second-order valence-corrected chi connectivity index (χ2v) is 2.66. The van der Waals surface area contributed by atoms with Crippen molar-refractivity contribution in [2.24, 2.45) is 0 Å². The van der Waals surface area contributed by atoms with E-state index in [2.05, 4.69) is 4.74 Å². The van der Waals surface area contributed by atoms with Gasteiger partial charge >= 0.3 is 0 Å². The molecule has 0 aliphatic carbocycles. The number of aliphatic hydroxyl groups is 4. The minimum absolute atomic E-state index is 0.252. The predicted octanol–water partition coefficient (Wildman–Crippen LogP) is -3.01. The smallest absolute Gasteiger partial charge is 0.219 e. The van der Waals surface area contributed by atoms with Crippen molar-refractivity contribution in [3.05, 3.63) is 0 Å². The first kappa shape index (κ1) is 9.56. The van der Waals surface area contributed by atoms with Crippen molar-refractivity contribution in [3.63, 3.8) is 0 Å². The van der Waals surface area contributed by atoms with Crippen LogP contribution >= 0.6 is 0 Å². The Balaban J connectivity index is 2.79. The van der Waals surface area contributed by atoms with Gasteiger partial charge in [-0.3, -0.25) is 0 Å². The lowest BCUT2D eigenvalue weighted by molar-refractivity contribution is -0.242. The molecule has 12 heavy (non-hydrogen) atoms. The van der Waals surface area contributed by atoms with E-state index in [0.717, 1.165) is 0 Å². The van der Waals surface area contributed by atoms with Gasteiger partial charge in [-0.2, -0.15) is 0 Å². The lowest BCUT2D eigenvalue weighted by Crippen LogP contribution is -2.46. The van der Waals surface area contributed by atoms with Crippen molar-refractivity contribution in [1.82, 2.24) is 0 Å². The number of rotatable bonds is 2. The van der Waals surface area contributed by atoms with Crippen LogP contribution in [0.3, 0.4) is 0 Å². The maximum atomic E-state index is 10.2. The molecular weight excluding hydrogens is 168 g/mol. The zero-order valence-electron chi connectivity index (χ0n) is 6.12. The Morgan fingerprint density at radius 2 is 2.08 bits per heavy atom. The number of aliphatic hydroxyl groups excluding tert-OH is 3. The minimum Gasteiger partial charge on any atom is -0.391 e. The van der Waals surface area contributed by atoms with Crippen LogP contribution in [0.4, 0.5) is 0 Å². The molecule has 1 saturated heterocycles. The van der Waals surface area contributed by atoms with Gasteiger partial charge in [0.2, 0.25) is 5.79 Å². The van der Waals surface area contributed by atoms with Gasteiger partial charge in [0.1, 0.15) is 18.3 Å². The quantitative estimate of drug-likeness (QED) is 0.335. The van der Waals surface area contributed by atoms with Crippen molar-refractivity contribution in [2.75, 3.05) is 6.61 Å². The summed E-state index contributed by atoms with van der Waals surface area (Å²) in [6.45, 7) is -0.879. The highest BCUT2D eigenvalue weighted by Crippen LogP contribution is 2.27. The highest BCUT2D eigenvalue weighted by molar-refractivity contribution is 5.58. The van der Waals surface area contributed by atoms with Gasteiger partial charge in [0.05, 0.1) is 6.61 Å². The van der Waals surface area contributed by atoms with E-state index >= 15 is 0 Å². The molecule has 70 valence electrons. The normalized spacial score (nSPS) is 47.8. The zero-order valence-corrected chi connectivity index (χ0v) is 6.12. The fraction of sp³-hybridized carbons (Fsp3) is 0.833. The number of carbonyl (C=O) groups is 1. The number of hydrogen-bond donors (Lipinski definition) is 4. The van der Waals surface area contributed by atoms with Crippen LogP contribution in [0.1, 0.15) is 0 Å². The van der Waals surface area contributed by atoms with Crippen LogP contribution in [-0.2, 0) is 9.53 Å². The van der Waals surface area contributed by atoms with Gasteiger partial charge in [-0.1, -0.05) is 0 Å². The third-order valence-electron chi connectivity index (χ3n) is 1.82. The molecule has 0 aromatic rings. The molecule has 1 fully saturated rings. The van der Waals surface area contributed by atoms with Crippen molar-refractivity contribution >= 4 is 6.29 Å². The topological polar surface area (TPSA) is 107 Å². The highest BCUT2D eigenvalue weighted by Gasteiger charge is 2.52. The maximum Gasteiger partial charge on any atom is 0.219 e. The van der Waals surface area contributed by atoms with Gasteiger partial charge in [0.25, 0.3) is 0 Å². The molecule has 0 radical (unpaired) electrons. The molecule has 0 unspecified atom stereocenters. The summed E-state index contributed by atoms with van der Waals surface area (Å²) in [5.74, 6) is -2.23. The first-order valence-electron chi connectivity index (χ1n) is 3.37. The Bertz CT molecular complexity index is 183. The van der Waals surface area contributed by atoms with E-state index in [1.54, 1.807) is 0 Å². The SMILES string of the molecule is O=C[C@H]1O[C@](O)(CO)[C@@H](O)[C@@H]1O. The average Bonchev–Trinajstić information content (AvgIpc) is 2.31. The summed E-state index contributed by atoms with van der Waals surface area (Å²) in [5, 5.41) is 35.9. The minimum atomic E-state index is -2.23. The molecule has 0 bridgehead atoms. The monoisotopic (exact) mass is 178 g/mol. The third-order valence-corrected chi connectivity index (χ3v) is 1.82. The molecule has 1 aliphatic rings. The predicted molar refractivity (Wildman–Crippen MR) is 35.0 cm³/mol. The molecule has 0 aromatic heterocycles. The van der Waals surface area contributed by atoms with Gasteiger partial charge in [-0.25, -0.2) is 0 Å². The van der Waals surface area contributed by atoms with Gasteiger partial charge in [-0.15, -0.1) is 0 Å². The summed E-state index contributed by atoms with van der Waals surface area (Å²) >= 11 is 0. The highest BCUT2D eigenvalue weighted by atomic mass is 16.7. The molecule has 6 nitrogen and oxygen atoms in total. The molecule has 1 heterocycles. The van der Waals surface area contributed by atoms with Gasteiger partial charge in [-0.05, 0) is 0 Å². The summed E-state index contributed by atoms with van der Waals surface area (Å²) in [5.41, 5.74) is 0. The van der Waals surface area contributed by atoms with Crippen molar-refractivity contribution in [3.8, 4) is 0 Å². The van der Waals surface area contributed by atoms with Crippen LogP contribution in [0, 0.1) is 0 Å². The molecular formula is C6H10O6. The van der Waals surface area contributed by atoms with E-state index in [9.17, 15) is 9.90 Å². The maximum absolute atomic E-state index is 10.2. The fourth-order valence-corrected chi connectivity index (χ4v) is 1.06. The Morgan fingerprint density at radius 3 is 2.33 bits per heavy atom. The van der Waals surface area contributed by atoms with E-state index < -0.39 is 30.7 Å². The van der Waals surface area contributed by atoms with E-state index in [1.165, 1.54) is 0 Å². The Hall–Kier alpha value is -0.530. The number of ether oxygens (including phenoxy) is 1.